The van der Waals surface area contributed by atoms with Gasteiger partial charge in [-0.25, -0.2) is 0 Å². The summed E-state index contributed by atoms with van der Waals surface area (Å²) in [5.41, 5.74) is 1.58. The Hall–Kier alpha value is -3.51. The lowest BCUT2D eigenvalue weighted by Crippen LogP contribution is -2.67. The number of hydrogen-bond donors (Lipinski definition) is 0. The molecule has 2 heterocycles. The van der Waals surface area contributed by atoms with Crippen molar-refractivity contribution in [1.29, 1.82) is 0 Å². The molecular formula is C37H41NO3Si. The summed E-state index contributed by atoms with van der Waals surface area (Å²) in [4.78, 5) is 16.3. The number of hydrogen-bond acceptors (Lipinski definition) is 3. The van der Waals surface area contributed by atoms with Gasteiger partial charge in [0.1, 0.15) is 11.8 Å². The molecule has 4 aromatic carbocycles. The van der Waals surface area contributed by atoms with Gasteiger partial charge in [0.25, 0.3) is 8.32 Å². The fraction of sp³-hybridized carbons (Fsp3) is 0.324. The van der Waals surface area contributed by atoms with E-state index in [2.05, 4.69) is 113 Å². The van der Waals surface area contributed by atoms with Gasteiger partial charge in [0.05, 0.1) is 12.6 Å². The molecule has 0 aliphatic carbocycles. The van der Waals surface area contributed by atoms with Crippen molar-refractivity contribution in [2.24, 2.45) is 5.92 Å². The van der Waals surface area contributed by atoms with Crippen LogP contribution in [-0.4, -0.2) is 37.5 Å². The van der Waals surface area contributed by atoms with E-state index in [1.165, 1.54) is 15.9 Å². The number of carbonyl (C=O) groups is 1. The first-order valence-electron chi connectivity index (χ1n) is 15.1. The van der Waals surface area contributed by atoms with Gasteiger partial charge < -0.3 is 14.1 Å². The standard InChI is InChI=1S/C37H41NO3Si/c1-36(2,3)42(31-21-13-7-14-22-31,32-23-15-8-16-24-32)40-27-33-34(29-19-11-6-12-20-29)41-37(4)26-30(35(39)38(33)37)25-28-17-9-5-10-18-28/h5-24,30,33-34H,25-27H2,1-4H3/t30?,33-,34-,37+/m0/s1. The summed E-state index contributed by atoms with van der Waals surface area (Å²) < 4.78 is 14.3. The SMILES string of the molecule is CC(C)(C)[Si](OC[C@H]1[C@H](c2ccccc2)O[C@]2(C)CC(Cc3ccccc3)C(=O)N12)(c1ccccc1)c1ccccc1. The second-order valence-electron chi connectivity index (χ2n) is 13.0. The molecule has 0 aromatic heterocycles. The van der Waals surface area contributed by atoms with E-state index >= 15 is 0 Å². The molecule has 4 aromatic rings. The van der Waals surface area contributed by atoms with E-state index in [4.69, 9.17) is 9.16 Å². The minimum absolute atomic E-state index is 0.121. The van der Waals surface area contributed by atoms with Gasteiger partial charge >= 0.3 is 0 Å². The summed E-state index contributed by atoms with van der Waals surface area (Å²) in [7, 11) is -2.81. The van der Waals surface area contributed by atoms with E-state index in [1.54, 1.807) is 0 Å². The van der Waals surface area contributed by atoms with Crippen LogP contribution in [0.2, 0.25) is 5.04 Å². The van der Waals surface area contributed by atoms with Gasteiger partial charge in [0.15, 0.2) is 0 Å². The highest BCUT2D eigenvalue weighted by molar-refractivity contribution is 6.99. The van der Waals surface area contributed by atoms with Crippen LogP contribution in [0.5, 0.6) is 0 Å². The van der Waals surface area contributed by atoms with E-state index in [9.17, 15) is 4.79 Å². The zero-order valence-corrected chi connectivity index (χ0v) is 26.1. The van der Waals surface area contributed by atoms with E-state index in [0.29, 0.717) is 19.4 Å². The molecule has 4 atom stereocenters. The molecule has 0 bridgehead atoms. The Kier molecular flexibility index (Phi) is 7.69. The van der Waals surface area contributed by atoms with Crippen molar-refractivity contribution in [3.8, 4) is 0 Å². The van der Waals surface area contributed by atoms with Gasteiger partial charge in [-0.1, -0.05) is 142 Å². The molecule has 2 aliphatic heterocycles. The van der Waals surface area contributed by atoms with E-state index in [0.717, 1.165) is 5.56 Å². The van der Waals surface area contributed by atoms with Crippen molar-refractivity contribution in [1.82, 2.24) is 4.90 Å². The van der Waals surface area contributed by atoms with Crippen LogP contribution in [0.15, 0.2) is 121 Å². The quantitative estimate of drug-likeness (QED) is 0.225. The van der Waals surface area contributed by atoms with Crippen LogP contribution in [0.4, 0.5) is 0 Å². The number of fused-ring (bicyclic) bond motifs is 1. The number of benzene rings is 4. The highest BCUT2D eigenvalue weighted by Crippen LogP contribution is 2.50. The number of nitrogens with zero attached hydrogens (tertiary/aromatic N) is 1. The molecule has 1 unspecified atom stereocenters. The van der Waals surface area contributed by atoms with Crippen LogP contribution >= 0.6 is 0 Å². The van der Waals surface area contributed by atoms with Crippen molar-refractivity contribution in [2.75, 3.05) is 6.61 Å². The minimum Gasteiger partial charge on any atom is -0.405 e. The van der Waals surface area contributed by atoms with E-state index in [1.807, 2.05) is 41.3 Å². The molecule has 216 valence electrons. The maximum absolute atomic E-state index is 14.2. The van der Waals surface area contributed by atoms with Gasteiger partial charge in [0, 0.05) is 12.3 Å². The normalized spacial score (nSPS) is 24.1. The fourth-order valence-electron chi connectivity index (χ4n) is 7.30. The Morgan fingerprint density at radius 3 is 1.83 bits per heavy atom. The summed E-state index contributed by atoms with van der Waals surface area (Å²) in [6, 6.07) is 41.8. The first kappa shape index (κ1) is 28.6. The lowest BCUT2D eigenvalue weighted by Gasteiger charge is -2.44. The van der Waals surface area contributed by atoms with Gasteiger partial charge in [-0.2, -0.15) is 0 Å². The third-order valence-electron chi connectivity index (χ3n) is 9.12. The summed E-state index contributed by atoms with van der Waals surface area (Å²) in [5.74, 6) is 0.0420. The first-order chi connectivity index (χ1) is 20.2. The predicted molar refractivity (Wildman–Crippen MR) is 171 cm³/mol. The van der Waals surface area contributed by atoms with Crippen LogP contribution in [0, 0.1) is 5.92 Å². The second-order valence-corrected chi connectivity index (χ2v) is 17.3. The van der Waals surface area contributed by atoms with Crippen LogP contribution in [0.1, 0.15) is 51.3 Å². The van der Waals surface area contributed by atoms with Crippen molar-refractivity contribution in [2.45, 2.75) is 63.4 Å². The molecule has 1 amide bonds. The molecule has 2 aliphatic rings. The maximum Gasteiger partial charge on any atom is 0.261 e. The topological polar surface area (TPSA) is 38.8 Å². The number of carbonyl (C=O) groups excluding carboxylic acids is 1. The summed E-state index contributed by atoms with van der Waals surface area (Å²) in [5, 5.41) is 2.30. The Labute approximate surface area is 251 Å². The summed E-state index contributed by atoms with van der Waals surface area (Å²) >= 11 is 0. The van der Waals surface area contributed by atoms with Gasteiger partial charge in [-0.05, 0) is 39.9 Å². The molecular weight excluding hydrogens is 534 g/mol. The zero-order chi connectivity index (χ0) is 29.4. The highest BCUT2D eigenvalue weighted by Gasteiger charge is 2.60. The number of ether oxygens (including phenoxy) is 1. The van der Waals surface area contributed by atoms with Crippen LogP contribution in [0.25, 0.3) is 0 Å². The van der Waals surface area contributed by atoms with Crippen molar-refractivity contribution < 1.29 is 14.0 Å². The van der Waals surface area contributed by atoms with Gasteiger partial charge in [-0.3, -0.25) is 4.79 Å². The Morgan fingerprint density at radius 2 is 1.31 bits per heavy atom. The Morgan fingerprint density at radius 1 is 0.810 bits per heavy atom. The second kappa shape index (κ2) is 11.3. The van der Waals surface area contributed by atoms with Crippen molar-refractivity contribution >= 4 is 24.6 Å². The smallest absolute Gasteiger partial charge is 0.261 e. The van der Waals surface area contributed by atoms with Crippen molar-refractivity contribution in [3.63, 3.8) is 0 Å². The summed E-state index contributed by atoms with van der Waals surface area (Å²) in [6.45, 7) is 9.36. The zero-order valence-electron chi connectivity index (χ0n) is 25.1. The molecule has 42 heavy (non-hydrogen) atoms. The largest absolute Gasteiger partial charge is 0.405 e. The lowest BCUT2D eigenvalue weighted by molar-refractivity contribution is -0.139. The molecule has 0 saturated carbocycles. The van der Waals surface area contributed by atoms with Crippen LogP contribution in [-0.2, 0) is 20.4 Å². The molecule has 0 spiro atoms. The first-order valence-corrected chi connectivity index (χ1v) is 17.0. The maximum atomic E-state index is 14.2. The third-order valence-corrected chi connectivity index (χ3v) is 14.1. The van der Waals surface area contributed by atoms with Gasteiger partial charge in [-0.15, -0.1) is 0 Å². The predicted octanol–water partition coefficient (Wildman–Crippen LogP) is 6.51. The van der Waals surface area contributed by atoms with Crippen LogP contribution in [0.3, 0.4) is 0 Å². The molecule has 2 fully saturated rings. The molecule has 6 rings (SSSR count). The molecule has 5 heteroatoms. The van der Waals surface area contributed by atoms with Crippen LogP contribution < -0.4 is 10.4 Å². The molecule has 0 N–H and O–H groups in total. The van der Waals surface area contributed by atoms with E-state index in [-0.39, 0.29) is 29.0 Å². The molecule has 2 saturated heterocycles. The van der Waals surface area contributed by atoms with E-state index < -0.39 is 14.0 Å². The number of rotatable bonds is 8. The Balaban J connectivity index is 1.40. The van der Waals surface area contributed by atoms with Crippen molar-refractivity contribution in [3.05, 3.63) is 132 Å². The molecule has 0 radical (unpaired) electrons. The average Bonchev–Trinajstić information content (AvgIpc) is 3.42. The molecule has 4 nitrogen and oxygen atoms in total. The van der Waals surface area contributed by atoms with Gasteiger partial charge in [0.2, 0.25) is 5.91 Å². The minimum atomic E-state index is -2.81. The summed E-state index contributed by atoms with van der Waals surface area (Å²) in [6.07, 6.45) is 1.11. The fourth-order valence-corrected chi connectivity index (χ4v) is 11.9. The lowest BCUT2D eigenvalue weighted by atomic mass is 9.95. The average molecular weight is 576 g/mol. The third kappa shape index (κ3) is 5.04. The Bertz CT molecular complexity index is 1450. The highest BCUT2D eigenvalue weighted by atomic mass is 28.4. The number of amides is 1. The monoisotopic (exact) mass is 575 g/mol.